The number of hydrogen-bond donors (Lipinski definition) is 2. The first kappa shape index (κ1) is 27.0. The molecular weight excluding hydrogens is 561 g/mol. The van der Waals surface area contributed by atoms with Crippen molar-refractivity contribution in [1.29, 1.82) is 0 Å². The molecule has 0 saturated carbocycles. The first-order valence-electron chi connectivity index (χ1n) is 15.2. The average molecular weight is 594 g/mol. The molecule has 1 unspecified atom stereocenters. The molecule has 9 nitrogen and oxygen atoms in total. The fourth-order valence-corrected chi connectivity index (χ4v) is 7.30. The van der Waals surface area contributed by atoms with E-state index in [1.807, 2.05) is 24.3 Å². The molecule has 1 amide bonds. The van der Waals surface area contributed by atoms with Gasteiger partial charge in [0, 0.05) is 48.7 Å². The van der Waals surface area contributed by atoms with Crippen LogP contribution in [0, 0.1) is 5.82 Å². The highest BCUT2D eigenvalue weighted by Gasteiger charge is 2.29. The Morgan fingerprint density at radius 2 is 1.84 bits per heavy atom. The third-order valence-corrected chi connectivity index (χ3v) is 9.67. The van der Waals surface area contributed by atoms with Gasteiger partial charge in [-0.3, -0.25) is 14.4 Å². The highest BCUT2D eigenvalue weighted by Crippen LogP contribution is 2.36. The second kappa shape index (κ2) is 10.0. The number of nitrogens with zero attached hydrogens (tertiary/aromatic N) is 3. The molecule has 4 heterocycles. The Kier molecular flexibility index (Phi) is 6.15. The van der Waals surface area contributed by atoms with Gasteiger partial charge < -0.3 is 29.7 Å². The third kappa shape index (κ3) is 4.01. The van der Waals surface area contributed by atoms with Gasteiger partial charge in [-0.15, -0.1) is 0 Å². The van der Waals surface area contributed by atoms with E-state index in [0.717, 1.165) is 36.6 Å². The van der Waals surface area contributed by atoms with Crippen molar-refractivity contribution in [2.45, 2.75) is 37.8 Å². The van der Waals surface area contributed by atoms with Gasteiger partial charge in [0.05, 0.1) is 10.9 Å². The molecule has 0 spiro atoms. The summed E-state index contributed by atoms with van der Waals surface area (Å²) in [5.74, 6) is -1.08. The van der Waals surface area contributed by atoms with Crippen LogP contribution in [-0.4, -0.2) is 65.4 Å². The fourth-order valence-electron chi connectivity index (χ4n) is 7.30. The SMILES string of the molecule is CN1CCCC1CCNc1c(F)cc2c(=O)c(C(=O)N3CC[C@H](N)C3)cn3c4cc5c(cc4oc1c23)c(=O)c1ccccc15. The molecule has 8 rings (SSSR count). The molecule has 2 saturated heterocycles. The lowest BCUT2D eigenvalue weighted by atomic mass is 10.1. The van der Waals surface area contributed by atoms with E-state index in [1.54, 1.807) is 21.4 Å². The number of amides is 1. The number of pyridine rings is 1. The lowest BCUT2D eigenvalue weighted by Gasteiger charge is -2.21. The average Bonchev–Trinajstić information content (AvgIpc) is 3.72. The number of nitrogens with two attached hydrogens (primary N) is 1. The fraction of sp³-hybridized carbons (Fsp3) is 0.324. The minimum Gasteiger partial charge on any atom is -0.451 e. The van der Waals surface area contributed by atoms with Gasteiger partial charge in [-0.25, -0.2) is 4.39 Å². The van der Waals surface area contributed by atoms with Gasteiger partial charge in [0.1, 0.15) is 16.8 Å². The van der Waals surface area contributed by atoms with Crippen LogP contribution in [-0.2, 0) is 0 Å². The van der Waals surface area contributed by atoms with Crippen molar-refractivity contribution in [3.63, 3.8) is 0 Å². The summed E-state index contributed by atoms with van der Waals surface area (Å²) >= 11 is 0. The Morgan fingerprint density at radius 1 is 1.02 bits per heavy atom. The van der Waals surface area contributed by atoms with E-state index < -0.39 is 17.2 Å². The molecule has 44 heavy (non-hydrogen) atoms. The normalized spacial score (nSPS) is 19.5. The Balaban J connectivity index is 1.39. The summed E-state index contributed by atoms with van der Waals surface area (Å²) in [4.78, 5) is 44.7. The number of nitrogens with one attached hydrogen (secondary N) is 1. The van der Waals surface area contributed by atoms with E-state index in [2.05, 4.69) is 17.3 Å². The highest BCUT2D eigenvalue weighted by atomic mass is 19.1. The monoisotopic (exact) mass is 593 g/mol. The maximum Gasteiger partial charge on any atom is 0.259 e. The molecule has 224 valence electrons. The van der Waals surface area contributed by atoms with E-state index in [1.165, 1.54) is 12.3 Å². The van der Waals surface area contributed by atoms with Crippen molar-refractivity contribution in [3.8, 4) is 0 Å². The number of hydrogen-bond acceptors (Lipinski definition) is 7. The molecule has 2 aromatic heterocycles. The summed E-state index contributed by atoms with van der Waals surface area (Å²) in [7, 11) is 2.10. The van der Waals surface area contributed by atoms with Crippen molar-refractivity contribution in [3.05, 3.63) is 80.5 Å². The smallest absolute Gasteiger partial charge is 0.259 e. The van der Waals surface area contributed by atoms with Crippen LogP contribution in [0.1, 0.15) is 36.0 Å². The van der Waals surface area contributed by atoms with Crippen LogP contribution in [0.3, 0.4) is 0 Å². The predicted molar refractivity (Wildman–Crippen MR) is 171 cm³/mol. The summed E-state index contributed by atoms with van der Waals surface area (Å²) in [5, 5.41) is 5.93. The Morgan fingerprint density at radius 3 is 2.59 bits per heavy atom. The Labute approximate surface area is 250 Å². The molecule has 2 aliphatic rings. The summed E-state index contributed by atoms with van der Waals surface area (Å²) in [6, 6.07) is 12.4. The first-order chi connectivity index (χ1) is 21.3. The Hall–Kier alpha value is -4.54. The van der Waals surface area contributed by atoms with Gasteiger partial charge in [0.15, 0.2) is 22.4 Å². The number of aromatic nitrogens is 1. The second-order valence-corrected chi connectivity index (χ2v) is 12.3. The van der Waals surface area contributed by atoms with E-state index in [4.69, 9.17) is 10.2 Å². The minimum absolute atomic E-state index is 0.0514. The number of fused-ring (bicyclic) bond motifs is 5. The largest absolute Gasteiger partial charge is 0.451 e. The van der Waals surface area contributed by atoms with Gasteiger partial charge in [0.2, 0.25) is 5.43 Å². The number of anilines is 1. The second-order valence-electron chi connectivity index (χ2n) is 12.3. The number of benzene rings is 3. The van der Waals surface area contributed by atoms with Crippen molar-refractivity contribution in [2.24, 2.45) is 5.73 Å². The van der Waals surface area contributed by atoms with Crippen molar-refractivity contribution < 1.29 is 13.6 Å². The zero-order valence-corrected chi connectivity index (χ0v) is 24.4. The molecule has 3 N–H and O–H groups in total. The molecule has 10 heteroatoms. The van der Waals surface area contributed by atoms with Gasteiger partial charge in [-0.2, -0.15) is 0 Å². The summed E-state index contributed by atoms with van der Waals surface area (Å²) < 4.78 is 24.1. The minimum atomic E-state index is -0.642. The molecule has 0 bridgehead atoms. The van der Waals surface area contributed by atoms with Crippen LogP contribution >= 0.6 is 0 Å². The molecule has 4 aromatic carbocycles. The molecule has 2 fully saturated rings. The quantitative estimate of drug-likeness (QED) is 0.223. The lowest BCUT2D eigenvalue weighted by molar-refractivity contribution is 0.0789. The lowest BCUT2D eigenvalue weighted by Crippen LogP contribution is -2.35. The van der Waals surface area contributed by atoms with Crippen LogP contribution in [0.5, 0.6) is 0 Å². The van der Waals surface area contributed by atoms with Crippen LogP contribution in [0.15, 0.2) is 62.7 Å². The van der Waals surface area contributed by atoms with Crippen LogP contribution < -0.4 is 21.9 Å². The number of carbonyl (C=O) groups excluding carboxylic acids is 1. The summed E-state index contributed by atoms with van der Waals surface area (Å²) in [6.07, 6.45) is 5.23. The van der Waals surface area contributed by atoms with Gasteiger partial charge in [0.25, 0.3) is 5.91 Å². The molecule has 0 aliphatic carbocycles. The van der Waals surface area contributed by atoms with E-state index >= 15 is 4.39 Å². The van der Waals surface area contributed by atoms with Crippen molar-refractivity contribution in [1.82, 2.24) is 14.2 Å². The highest BCUT2D eigenvalue weighted by molar-refractivity contribution is 6.15. The van der Waals surface area contributed by atoms with E-state index in [0.29, 0.717) is 59.5 Å². The van der Waals surface area contributed by atoms with Crippen LogP contribution in [0.4, 0.5) is 10.1 Å². The number of carbonyl (C=O) groups is 1. The summed E-state index contributed by atoms with van der Waals surface area (Å²) in [5.41, 5.74) is 6.91. The van der Waals surface area contributed by atoms with Gasteiger partial charge in [-0.1, -0.05) is 24.3 Å². The standard InChI is InChI=1S/C34H32FN5O4/c1-38-11-4-5-19(38)8-10-37-29-26(35)13-24-30-33(29)44-28-15-23-22(20-6-2-3-7-21(20)31(23)41)14-27(28)40(30)17-25(32(24)42)34(43)39-12-9-18(36)16-39/h2-3,6-7,13-15,17-19,37H,4-5,8-12,16,36H2,1H3/t18-,19?/m0/s1. The molecule has 0 radical (unpaired) electrons. The van der Waals surface area contributed by atoms with E-state index in [9.17, 15) is 14.4 Å². The number of likely N-dealkylation sites (tertiary alicyclic amines) is 2. The van der Waals surface area contributed by atoms with Crippen molar-refractivity contribution >= 4 is 60.7 Å². The van der Waals surface area contributed by atoms with Gasteiger partial charge >= 0.3 is 0 Å². The first-order valence-corrected chi connectivity index (χ1v) is 15.2. The van der Waals surface area contributed by atoms with Gasteiger partial charge in [-0.05, 0) is 68.2 Å². The maximum absolute atomic E-state index is 15.9. The zero-order valence-electron chi connectivity index (χ0n) is 24.4. The van der Waals surface area contributed by atoms with Crippen LogP contribution in [0.25, 0.3) is 49.1 Å². The van der Waals surface area contributed by atoms with E-state index in [-0.39, 0.29) is 33.7 Å². The molecule has 2 atom stereocenters. The number of rotatable bonds is 5. The summed E-state index contributed by atoms with van der Waals surface area (Å²) in [6.45, 7) is 2.35. The zero-order chi connectivity index (χ0) is 30.3. The number of halogens is 1. The van der Waals surface area contributed by atoms with Crippen molar-refractivity contribution in [2.75, 3.05) is 38.5 Å². The third-order valence-electron chi connectivity index (χ3n) is 9.67. The maximum atomic E-state index is 15.9. The predicted octanol–water partition coefficient (Wildman–Crippen LogP) is 4.51. The molecular formula is C34H32FN5O4. The molecule has 2 aliphatic heterocycles. The van der Waals surface area contributed by atoms with Crippen LogP contribution in [0.2, 0.25) is 0 Å². The molecule has 6 aromatic rings. The topological polar surface area (TPSA) is 113 Å². The Bertz CT molecular complexity index is 2260.